The van der Waals surface area contributed by atoms with E-state index in [2.05, 4.69) is 16.0 Å². The molecule has 1 aromatic carbocycles. The molecule has 3 amide bonds. The molecule has 0 spiro atoms. The summed E-state index contributed by atoms with van der Waals surface area (Å²) in [6.07, 6.45) is 0.507. The van der Waals surface area contributed by atoms with Gasteiger partial charge in [0, 0.05) is 38.0 Å². The lowest BCUT2D eigenvalue weighted by Crippen LogP contribution is -2.58. The van der Waals surface area contributed by atoms with E-state index in [1.807, 2.05) is 6.92 Å². The van der Waals surface area contributed by atoms with Gasteiger partial charge >= 0.3 is 5.97 Å². The molecular weight excluding hydrogens is 404 g/mol. The summed E-state index contributed by atoms with van der Waals surface area (Å²) >= 11 is 0. The molecule has 0 aliphatic carbocycles. The van der Waals surface area contributed by atoms with Gasteiger partial charge in [0.15, 0.2) is 0 Å². The van der Waals surface area contributed by atoms with E-state index in [1.165, 1.54) is 4.90 Å². The summed E-state index contributed by atoms with van der Waals surface area (Å²) < 4.78 is 9.94. The zero-order chi connectivity index (χ0) is 22.6. The zero-order valence-corrected chi connectivity index (χ0v) is 17.9. The Morgan fingerprint density at radius 1 is 1.19 bits per heavy atom. The molecular formula is C21H30N4O6. The predicted molar refractivity (Wildman–Crippen MR) is 114 cm³/mol. The Hall–Kier alpha value is -3.14. The fourth-order valence-electron chi connectivity index (χ4n) is 3.04. The minimum atomic E-state index is -0.884. The number of carbonyl (C=O) groups excluding carboxylic acids is 4. The van der Waals surface area contributed by atoms with Gasteiger partial charge in [-0.25, -0.2) is 0 Å². The molecule has 1 aliphatic heterocycles. The largest absolute Gasteiger partial charge is 0.466 e. The number of ether oxygens (including phenoxy) is 2. The van der Waals surface area contributed by atoms with Gasteiger partial charge in [0.25, 0.3) is 5.91 Å². The highest BCUT2D eigenvalue weighted by Crippen LogP contribution is 2.13. The highest BCUT2D eigenvalue weighted by Gasteiger charge is 2.34. The SMILES string of the molecule is CCCOC(=O)CC1C(=O)NCCN1C(=O)CNc1ccc(C(=O)NCCOC)cc1. The van der Waals surface area contributed by atoms with E-state index in [-0.39, 0.29) is 37.3 Å². The van der Waals surface area contributed by atoms with E-state index in [0.717, 1.165) is 0 Å². The molecule has 10 nitrogen and oxygen atoms in total. The number of nitrogens with zero attached hydrogens (tertiary/aromatic N) is 1. The van der Waals surface area contributed by atoms with Gasteiger partial charge in [-0.15, -0.1) is 0 Å². The van der Waals surface area contributed by atoms with Crippen molar-refractivity contribution in [1.29, 1.82) is 0 Å². The lowest BCUT2D eigenvalue weighted by Gasteiger charge is -2.34. The average molecular weight is 434 g/mol. The standard InChI is InChI=1S/C21H30N4O6/c1-3-11-31-19(27)13-17-21(29)22-8-10-25(17)18(26)14-24-16-6-4-15(5-7-16)20(28)23-9-12-30-2/h4-7,17,24H,3,8-14H2,1-2H3,(H,22,29)(H,23,28). The molecule has 1 aromatic rings. The molecule has 0 aromatic heterocycles. The summed E-state index contributed by atoms with van der Waals surface area (Å²) in [6.45, 7) is 3.61. The van der Waals surface area contributed by atoms with E-state index in [4.69, 9.17) is 9.47 Å². The van der Waals surface area contributed by atoms with E-state index in [0.29, 0.717) is 43.9 Å². The van der Waals surface area contributed by atoms with Crippen molar-refractivity contribution in [3.63, 3.8) is 0 Å². The third kappa shape index (κ3) is 7.56. The van der Waals surface area contributed by atoms with Crippen LogP contribution in [0.1, 0.15) is 30.1 Å². The molecule has 1 saturated heterocycles. The van der Waals surface area contributed by atoms with E-state index < -0.39 is 12.0 Å². The first kappa shape index (κ1) is 24.1. The summed E-state index contributed by atoms with van der Waals surface area (Å²) in [5, 5.41) is 8.40. The predicted octanol–water partition coefficient (Wildman–Crippen LogP) is 0.145. The Bertz CT molecular complexity index is 768. The third-order valence-corrected chi connectivity index (χ3v) is 4.66. The van der Waals surface area contributed by atoms with Crippen LogP contribution in [-0.4, -0.2) is 81.1 Å². The smallest absolute Gasteiger partial charge is 0.308 e. The summed E-state index contributed by atoms with van der Waals surface area (Å²) in [5.41, 5.74) is 1.15. The lowest BCUT2D eigenvalue weighted by atomic mass is 10.1. The number of esters is 1. The molecule has 0 bridgehead atoms. The van der Waals surface area contributed by atoms with E-state index in [9.17, 15) is 19.2 Å². The van der Waals surface area contributed by atoms with Crippen molar-refractivity contribution in [2.45, 2.75) is 25.8 Å². The molecule has 10 heteroatoms. The number of carbonyl (C=O) groups is 4. The number of amides is 3. The van der Waals surface area contributed by atoms with Gasteiger partial charge in [-0.3, -0.25) is 19.2 Å². The number of anilines is 1. The molecule has 170 valence electrons. The van der Waals surface area contributed by atoms with Crippen LogP contribution in [-0.2, 0) is 23.9 Å². The van der Waals surface area contributed by atoms with Gasteiger partial charge in [-0.05, 0) is 30.7 Å². The first-order chi connectivity index (χ1) is 15.0. The quantitative estimate of drug-likeness (QED) is 0.334. The molecule has 0 saturated carbocycles. The van der Waals surface area contributed by atoms with Gasteiger partial charge in [0.05, 0.1) is 26.2 Å². The Kier molecular flexibility index (Phi) is 9.76. The monoisotopic (exact) mass is 434 g/mol. The second-order valence-corrected chi connectivity index (χ2v) is 7.00. The first-order valence-corrected chi connectivity index (χ1v) is 10.3. The van der Waals surface area contributed by atoms with Crippen LogP contribution >= 0.6 is 0 Å². The number of hydrogen-bond acceptors (Lipinski definition) is 7. The van der Waals surface area contributed by atoms with Crippen LogP contribution in [0.4, 0.5) is 5.69 Å². The van der Waals surface area contributed by atoms with Crippen LogP contribution in [0.25, 0.3) is 0 Å². The lowest BCUT2D eigenvalue weighted by molar-refractivity contribution is -0.151. The van der Waals surface area contributed by atoms with Crippen molar-refractivity contribution in [3.05, 3.63) is 29.8 Å². The molecule has 1 heterocycles. The van der Waals surface area contributed by atoms with E-state index in [1.54, 1.807) is 31.4 Å². The van der Waals surface area contributed by atoms with Crippen molar-refractivity contribution in [3.8, 4) is 0 Å². The van der Waals surface area contributed by atoms with Crippen LogP contribution in [0.3, 0.4) is 0 Å². The van der Waals surface area contributed by atoms with Crippen LogP contribution in [0.15, 0.2) is 24.3 Å². The van der Waals surface area contributed by atoms with Crippen molar-refractivity contribution in [2.75, 3.05) is 51.8 Å². The van der Waals surface area contributed by atoms with Crippen LogP contribution in [0.2, 0.25) is 0 Å². The minimum absolute atomic E-state index is 0.0484. The van der Waals surface area contributed by atoms with Gasteiger partial charge < -0.3 is 30.3 Å². The number of piperazine rings is 1. The topological polar surface area (TPSA) is 126 Å². The normalized spacial score (nSPS) is 15.7. The summed E-state index contributed by atoms with van der Waals surface area (Å²) in [6, 6.07) is 5.80. The molecule has 0 radical (unpaired) electrons. The van der Waals surface area contributed by atoms with Crippen LogP contribution in [0, 0.1) is 0 Å². The summed E-state index contributed by atoms with van der Waals surface area (Å²) in [5.74, 6) is -1.38. The maximum Gasteiger partial charge on any atom is 0.308 e. The zero-order valence-electron chi connectivity index (χ0n) is 17.9. The van der Waals surface area contributed by atoms with Crippen molar-refractivity contribution in [2.24, 2.45) is 0 Å². The number of benzene rings is 1. The second kappa shape index (κ2) is 12.5. The summed E-state index contributed by atoms with van der Waals surface area (Å²) in [4.78, 5) is 50.2. The molecule has 1 fully saturated rings. The third-order valence-electron chi connectivity index (χ3n) is 4.66. The van der Waals surface area contributed by atoms with Crippen molar-refractivity contribution in [1.82, 2.24) is 15.5 Å². The maximum absolute atomic E-state index is 12.7. The minimum Gasteiger partial charge on any atom is -0.466 e. The van der Waals surface area contributed by atoms with Crippen LogP contribution < -0.4 is 16.0 Å². The Morgan fingerprint density at radius 2 is 1.94 bits per heavy atom. The van der Waals surface area contributed by atoms with Gasteiger partial charge in [0.2, 0.25) is 11.8 Å². The summed E-state index contributed by atoms with van der Waals surface area (Å²) in [7, 11) is 1.56. The first-order valence-electron chi connectivity index (χ1n) is 10.3. The number of rotatable bonds is 11. The molecule has 3 N–H and O–H groups in total. The Balaban J connectivity index is 1.90. The number of nitrogens with one attached hydrogen (secondary N) is 3. The molecule has 1 aliphatic rings. The fraction of sp³-hybridized carbons (Fsp3) is 0.524. The molecule has 2 rings (SSSR count). The molecule has 1 unspecified atom stereocenters. The average Bonchev–Trinajstić information content (AvgIpc) is 2.77. The maximum atomic E-state index is 12.7. The van der Waals surface area contributed by atoms with Gasteiger partial charge in [-0.1, -0.05) is 6.92 Å². The van der Waals surface area contributed by atoms with Crippen molar-refractivity contribution < 1.29 is 28.7 Å². The van der Waals surface area contributed by atoms with Gasteiger partial charge in [-0.2, -0.15) is 0 Å². The number of methoxy groups -OCH3 is 1. The Morgan fingerprint density at radius 3 is 2.61 bits per heavy atom. The number of hydrogen-bond donors (Lipinski definition) is 3. The molecule has 1 atom stereocenters. The molecule has 31 heavy (non-hydrogen) atoms. The fourth-order valence-corrected chi connectivity index (χ4v) is 3.04. The van der Waals surface area contributed by atoms with Gasteiger partial charge in [0.1, 0.15) is 6.04 Å². The van der Waals surface area contributed by atoms with Crippen molar-refractivity contribution >= 4 is 29.4 Å². The Labute approximate surface area is 181 Å². The van der Waals surface area contributed by atoms with E-state index >= 15 is 0 Å². The highest BCUT2D eigenvalue weighted by molar-refractivity contribution is 5.95. The second-order valence-electron chi connectivity index (χ2n) is 7.00. The highest BCUT2D eigenvalue weighted by atomic mass is 16.5. The van der Waals surface area contributed by atoms with Crippen LogP contribution in [0.5, 0.6) is 0 Å².